The Morgan fingerprint density at radius 2 is 1.77 bits per heavy atom. The molecule has 2 aromatic heterocycles. The van der Waals surface area contributed by atoms with Crippen molar-refractivity contribution in [3.63, 3.8) is 0 Å². The van der Waals surface area contributed by atoms with E-state index in [0.717, 1.165) is 28.3 Å². The molecule has 1 aliphatic rings. The van der Waals surface area contributed by atoms with E-state index in [1.807, 2.05) is 12.3 Å². The molecule has 5 rings (SSSR count). The predicted octanol–water partition coefficient (Wildman–Crippen LogP) is 6.07. The number of aromatic nitrogens is 1. The second kappa shape index (κ2) is 5.55. The summed E-state index contributed by atoms with van der Waals surface area (Å²) in [5.74, 6) is 0.733. The molecular formula is C23H23NOSi. The van der Waals surface area contributed by atoms with Crippen LogP contribution in [0, 0.1) is 0 Å². The highest BCUT2D eigenvalue weighted by Crippen LogP contribution is 2.40. The zero-order valence-corrected chi connectivity index (χ0v) is 16.5. The predicted molar refractivity (Wildman–Crippen MR) is 112 cm³/mol. The maximum absolute atomic E-state index is 6.35. The van der Waals surface area contributed by atoms with Gasteiger partial charge in [-0.25, -0.2) is 0 Å². The molecule has 0 aliphatic heterocycles. The van der Waals surface area contributed by atoms with Crippen LogP contribution in [-0.4, -0.2) is 13.1 Å². The highest BCUT2D eigenvalue weighted by molar-refractivity contribution is 6.90. The molecule has 0 atom stereocenters. The van der Waals surface area contributed by atoms with Crippen LogP contribution in [0.5, 0.6) is 0 Å². The van der Waals surface area contributed by atoms with E-state index >= 15 is 0 Å². The Labute approximate surface area is 154 Å². The summed E-state index contributed by atoms with van der Waals surface area (Å²) in [5, 5.41) is 3.96. The molecule has 130 valence electrons. The molecule has 0 N–H and O–H groups in total. The van der Waals surface area contributed by atoms with Gasteiger partial charge in [-0.15, -0.1) is 0 Å². The topological polar surface area (TPSA) is 26.0 Å². The van der Waals surface area contributed by atoms with Crippen LogP contribution in [0.2, 0.25) is 19.6 Å². The van der Waals surface area contributed by atoms with E-state index in [1.54, 1.807) is 0 Å². The zero-order valence-electron chi connectivity index (χ0n) is 15.5. The maximum Gasteiger partial charge on any atom is 0.144 e. The van der Waals surface area contributed by atoms with Gasteiger partial charge in [0.05, 0.1) is 13.8 Å². The van der Waals surface area contributed by atoms with Gasteiger partial charge >= 0.3 is 0 Å². The van der Waals surface area contributed by atoms with Crippen molar-refractivity contribution in [2.45, 2.75) is 38.4 Å². The summed E-state index contributed by atoms with van der Waals surface area (Å²) in [7, 11) is -1.50. The molecule has 1 fully saturated rings. The number of para-hydroxylation sites is 1. The van der Waals surface area contributed by atoms with Gasteiger partial charge in [0.25, 0.3) is 0 Å². The fraction of sp³-hybridized carbons (Fsp3) is 0.261. The van der Waals surface area contributed by atoms with Gasteiger partial charge in [-0.05, 0) is 47.7 Å². The largest absolute Gasteiger partial charge is 0.455 e. The van der Waals surface area contributed by atoms with E-state index in [1.165, 1.54) is 34.4 Å². The van der Waals surface area contributed by atoms with Gasteiger partial charge in [-0.2, -0.15) is 0 Å². The SMILES string of the molecule is C[Si](C)(C)c1ccc(-c2ccc(C3CC3)cn2)c2oc3ccccc3c12. The fourth-order valence-corrected chi connectivity index (χ4v) is 5.46. The lowest BCUT2D eigenvalue weighted by molar-refractivity contribution is 0.670. The van der Waals surface area contributed by atoms with Crippen LogP contribution in [0.15, 0.2) is 59.1 Å². The highest BCUT2D eigenvalue weighted by atomic mass is 28.3. The van der Waals surface area contributed by atoms with Crippen molar-refractivity contribution < 1.29 is 4.42 Å². The summed E-state index contributed by atoms with van der Waals surface area (Å²) >= 11 is 0. The summed E-state index contributed by atoms with van der Waals surface area (Å²) in [6.07, 6.45) is 4.66. The third-order valence-electron chi connectivity index (χ3n) is 5.45. The van der Waals surface area contributed by atoms with Gasteiger partial charge in [-0.3, -0.25) is 4.98 Å². The molecule has 0 radical (unpaired) electrons. The Balaban J connectivity index is 1.78. The van der Waals surface area contributed by atoms with Gasteiger partial charge in [0, 0.05) is 22.5 Å². The third-order valence-corrected chi connectivity index (χ3v) is 7.48. The molecule has 0 spiro atoms. The van der Waals surface area contributed by atoms with Crippen LogP contribution in [-0.2, 0) is 0 Å². The maximum atomic E-state index is 6.35. The average molecular weight is 358 g/mol. The van der Waals surface area contributed by atoms with E-state index in [4.69, 9.17) is 9.40 Å². The number of benzene rings is 2. The van der Waals surface area contributed by atoms with Crippen LogP contribution >= 0.6 is 0 Å². The minimum atomic E-state index is -1.50. The normalized spacial score (nSPS) is 15.0. The van der Waals surface area contributed by atoms with Gasteiger partial charge in [-0.1, -0.05) is 50.0 Å². The number of hydrogen-bond donors (Lipinski definition) is 0. The summed E-state index contributed by atoms with van der Waals surface area (Å²) in [4.78, 5) is 4.77. The van der Waals surface area contributed by atoms with E-state index in [-0.39, 0.29) is 0 Å². The minimum Gasteiger partial charge on any atom is -0.455 e. The fourth-order valence-electron chi connectivity index (χ4n) is 3.88. The Kier molecular flexibility index (Phi) is 3.38. The standard InChI is InChI=1S/C23H23NOSi/c1-26(2,3)21-13-11-17(19-12-10-16(14-24-19)15-8-9-15)23-22(21)18-6-4-5-7-20(18)25-23/h4-7,10-15H,8-9H2,1-3H3. The second-order valence-corrected chi connectivity index (χ2v) is 13.5. The van der Waals surface area contributed by atoms with Gasteiger partial charge in [0.1, 0.15) is 11.2 Å². The van der Waals surface area contributed by atoms with Gasteiger partial charge in [0.2, 0.25) is 0 Å². The van der Waals surface area contributed by atoms with E-state index in [2.05, 4.69) is 62.1 Å². The first-order valence-electron chi connectivity index (χ1n) is 9.43. The molecule has 1 aliphatic carbocycles. The Morgan fingerprint density at radius 1 is 0.962 bits per heavy atom. The Hall–Kier alpha value is -2.39. The molecule has 1 saturated carbocycles. The number of fused-ring (bicyclic) bond motifs is 3. The van der Waals surface area contributed by atoms with Crippen molar-refractivity contribution in [1.82, 2.24) is 4.98 Å². The molecule has 0 unspecified atom stereocenters. The molecule has 3 heteroatoms. The van der Waals surface area contributed by atoms with E-state index in [0.29, 0.717) is 0 Å². The number of pyridine rings is 1. The minimum absolute atomic E-state index is 0.733. The summed E-state index contributed by atoms with van der Waals surface area (Å²) in [6.45, 7) is 7.18. The lowest BCUT2D eigenvalue weighted by Crippen LogP contribution is -2.37. The quantitative estimate of drug-likeness (QED) is 0.416. The van der Waals surface area contributed by atoms with Crippen molar-refractivity contribution in [2.24, 2.45) is 0 Å². The molecule has 0 amide bonds. The summed E-state index contributed by atoms with van der Waals surface area (Å²) in [5.41, 5.74) is 5.41. The molecule has 2 heterocycles. The Bertz CT molecular complexity index is 1110. The van der Waals surface area contributed by atoms with Crippen molar-refractivity contribution in [3.05, 3.63) is 60.3 Å². The molecule has 2 aromatic carbocycles. The van der Waals surface area contributed by atoms with Crippen LogP contribution in [0.25, 0.3) is 33.2 Å². The van der Waals surface area contributed by atoms with Crippen molar-refractivity contribution in [3.8, 4) is 11.3 Å². The number of furan rings is 1. The number of rotatable bonds is 3. The van der Waals surface area contributed by atoms with Crippen molar-refractivity contribution >= 4 is 35.2 Å². The van der Waals surface area contributed by atoms with Crippen molar-refractivity contribution in [1.29, 1.82) is 0 Å². The van der Waals surface area contributed by atoms with Crippen LogP contribution in [0.3, 0.4) is 0 Å². The molecular weight excluding hydrogens is 334 g/mol. The lowest BCUT2D eigenvalue weighted by atomic mass is 10.0. The first-order valence-corrected chi connectivity index (χ1v) is 12.9. The lowest BCUT2D eigenvalue weighted by Gasteiger charge is -2.18. The molecule has 26 heavy (non-hydrogen) atoms. The van der Waals surface area contributed by atoms with Gasteiger partial charge in [0.15, 0.2) is 0 Å². The molecule has 2 nitrogen and oxygen atoms in total. The van der Waals surface area contributed by atoms with E-state index in [9.17, 15) is 0 Å². The molecule has 0 saturated heterocycles. The summed E-state index contributed by atoms with van der Waals surface area (Å²) < 4.78 is 6.35. The van der Waals surface area contributed by atoms with E-state index < -0.39 is 8.07 Å². The molecule has 0 bridgehead atoms. The summed E-state index contributed by atoms with van der Waals surface area (Å²) in [6, 6.07) is 17.3. The number of hydrogen-bond acceptors (Lipinski definition) is 2. The smallest absolute Gasteiger partial charge is 0.144 e. The van der Waals surface area contributed by atoms with Crippen LogP contribution < -0.4 is 5.19 Å². The first-order chi connectivity index (χ1) is 12.5. The monoisotopic (exact) mass is 357 g/mol. The van der Waals surface area contributed by atoms with Crippen molar-refractivity contribution in [2.75, 3.05) is 0 Å². The average Bonchev–Trinajstić information content (AvgIpc) is 3.40. The van der Waals surface area contributed by atoms with Crippen LogP contribution in [0.1, 0.15) is 24.3 Å². The Morgan fingerprint density at radius 3 is 2.46 bits per heavy atom. The second-order valence-electron chi connectivity index (χ2n) is 8.46. The van der Waals surface area contributed by atoms with Gasteiger partial charge < -0.3 is 4.42 Å². The zero-order chi connectivity index (χ0) is 17.9. The molecule has 4 aromatic rings. The van der Waals surface area contributed by atoms with Crippen LogP contribution in [0.4, 0.5) is 0 Å². The highest BCUT2D eigenvalue weighted by Gasteiger charge is 2.26. The number of nitrogens with zero attached hydrogens (tertiary/aromatic N) is 1. The third kappa shape index (κ3) is 2.50. The first kappa shape index (κ1) is 15.8.